The van der Waals surface area contributed by atoms with Crippen molar-refractivity contribution >= 4 is 5.91 Å². The average Bonchev–Trinajstić information content (AvgIpc) is 2.47. The van der Waals surface area contributed by atoms with Crippen molar-refractivity contribution in [3.63, 3.8) is 0 Å². The smallest absolute Gasteiger partial charge is 0.244 e. The second-order valence-electron chi connectivity index (χ2n) is 5.70. The number of nitrogens with zero attached hydrogens (tertiary/aromatic N) is 1. The Balaban J connectivity index is 2.30. The predicted octanol–water partition coefficient (Wildman–Crippen LogP) is 1.32. The third-order valence-electron chi connectivity index (χ3n) is 4.01. The van der Waals surface area contributed by atoms with Crippen LogP contribution in [0.4, 0.5) is 0 Å². The molecular formula is C16H30N2O3. The third kappa shape index (κ3) is 7.07. The van der Waals surface area contributed by atoms with Crippen LogP contribution in [-0.4, -0.2) is 61.4 Å². The molecule has 5 nitrogen and oxygen atoms in total. The van der Waals surface area contributed by atoms with Gasteiger partial charge in [0.05, 0.1) is 12.7 Å². The number of hydrogen-bond acceptors (Lipinski definition) is 4. The van der Waals surface area contributed by atoms with Crippen LogP contribution in [0.3, 0.4) is 0 Å². The second-order valence-corrected chi connectivity index (χ2v) is 5.70. The molecule has 1 aliphatic heterocycles. The van der Waals surface area contributed by atoms with Gasteiger partial charge in [0, 0.05) is 38.9 Å². The van der Waals surface area contributed by atoms with Gasteiger partial charge in [0.15, 0.2) is 0 Å². The van der Waals surface area contributed by atoms with Crippen molar-refractivity contribution in [2.75, 3.05) is 33.4 Å². The average molecular weight is 298 g/mol. The lowest BCUT2D eigenvalue weighted by Gasteiger charge is -2.33. The lowest BCUT2D eigenvalue weighted by molar-refractivity contribution is -0.117. The van der Waals surface area contributed by atoms with E-state index in [-0.39, 0.29) is 11.9 Å². The van der Waals surface area contributed by atoms with Crippen LogP contribution < -0.4 is 5.32 Å². The summed E-state index contributed by atoms with van der Waals surface area (Å²) in [6.45, 7) is 6.98. The number of β-amino-alcohol motifs (C(OH)–C–C–N with tert-alkyl or cyclic N) is 1. The van der Waals surface area contributed by atoms with E-state index in [1.54, 1.807) is 13.2 Å². The SMILES string of the molecule is CCC(=CC(=O)NC1CCN(CC(O)COC)CC1)CC. The summed E-state index contributed by atoms with van der Waals surface area (Å²) in [6.07, 6.45) is 5.05. The number of allylic oxidation sites excluding steroid dienone is 1. The van der Waals surface area contributed by atoms with E-state index in [9.17, 15) is 9.90 Å². The molecule has 5 heteroatoms. The van der Waals surface area contributed by atoms with Crippen molar-refractivity contribution in [2.24, 2.45) is 0 Å². The summed E-state index contributed by atoms with van der Waals surface area (Å²) in [4.78, 5) is 14.2. The van der Waals surface area contributed by atoms with Crippen LogP contribution in [0.2, 0.25) is 0 Å². The number of hydrogen-bond donors (Lipinski definition) is 2. The van der Waals surface area contributed by atoms with Gasteiger partial charge in [-0.1, -0.05) is 19.4 Å². The third-order valence-corrected chi connectivity index (χ3v) is 4.01. The monoisotopic (exact) mass is 298 g/mol. The van der Waals surface area contributed by atoms with Crippen LogP contribution in [0.25, 0.3) is 0 Å². The van der Waals surface area contributed by atoms with E-state index >= 15 is 0 Å². The van der Waals surface area contributed by atoms with E-state index in [0.717, 1.165) is 38.8 Å². The molecule has 1 heterocycles. The number of carbonyl (C=O) groups is 1. The molecule has 21 heavy (non-hydrogen) atoms. The molecule has 1 rings (SSSR count). The summed E-state index contributed by atoms with van der Waals surface area (Å²) in [5.41, 5.74) is 1.19. The fourth-order valence-electron chi connectivity index (χ4n) is 2.69. The van der Waals surface area contributed by atoms with E-state index in [1.165, 1.54) is 5.57 Å². The molecule has 0 aromatic heterocycles. The molecule has 0 aromatic carbocycles. The van der Waals surface area contributed by atoms with Crippen molar-refractivity contribution in [1.82, 2.24) is 10.2 Å². The largest absolute Gasteiger partial charge is 0.389 e. The highest BCUT2D eigenvalue weighted by Crippen LogP contribution is 2.11. The van der Waals surface area contributed by atoms with Crippen molar-refractivity contribution in [1.29, 1.82) is 0 Å². The van der Waals surface area contributed by atoms with E-state index in [1.807, 2.05) is 0 Å². The van der Waals surface area contributed by atoms with Gasteiger partial charge >= 0.3 is 0 Å². The first kappa shape index (κ1) is 18.1. The number of aliphatic hydroxyl groups excluding tert-OH is 1. The number of ether oxygens (including phenoxy) is 1. The van der Waals surface area contributed by atoms with E-state index in [4.69, 9.17) is 4.74 Å². The number of rotatable bonds is 8. The Kier molecular flexibility index (Phi) is 8.57. The summed E-state index contributed by atoms with van der Waals surface area (Å²) in [7, 11) is 1.60. The summed E-state index contributed by atoms with van der Waals surface area (Å²) < 4.78 is 4.94. The van der Waals surface area contributed by atoms with Crippen molar-refractivity contribution in [3.8, 4) is 0 Å². The highest BCUT2D eigenvalue weighted by atomic mass is 16.5. The molecule has 0 spiro atoms. The Morgan fingerprint density at radius 3 is 2.52 bits per heavy atom. The first-order valence-corrected chi connectivity index (χ1v) is 7.98. The zero-order chi connectivity index (χ0) is 15.7. The molecule has 2 N–H and O–H groups in total. The number of nitrogens with one attached hydrogen (secondary N) is 1. The molecular weight excluding hydrogens is 268 g/mol. The fourth-order valence-corrected chi connectivity index (χ4v) is 2.69. The van der Waals surface area contributed by atoms with Crippen LogP contribution in [-0.2, 0) is 9.53 Å². The van der Waals surface area contributed by atoms with Gasteiger partial charge in [-0.2, -0.15) is 0 Å². The van der Waals surface area contributed by atoms with Gasteiger partial charge in [-0.3, -0.25) is 4.79 Å². The number of amides is 1. The molecule has 0 aromatic rings. The normalized spacial score (nSPS) is 18.3. The number of carbonyl (C=O) groups excluding carboxylic acids is 1. The van der Waals surface area contributed by atoms with Gasteiger partial charge in [0.1, 0.15) is 0 Å². The minimum absolute atomic E-state index is 0.0339. The van der Waals surface area contributed by atoms with Gasteiger partial charge in [0.25, 0.3) is 0 Å². The van der Waals surface area contributed by atoms with Crippen LogP contribution in [0.5, 0.6) is 0 Å². The summed E-state index contributed by atoms with van der Waals surface area (Å²) in [5, 5.41) is 12.8. The quantitative estimate of drug-likeness (QED) is 0.664. The summed E-state index contributed by atoms with van der Waals surface area (Å²) >= 11 is 0. The number of likely N-dealkylation sites (tertiary alicyclic amines) is 1. The Hall–Kier alpha value is -0.910. The summed E-state index contributed by atoms with van der Waals surface area (Å²) in [5.74, 6) is 0.0339. The molecule has 1 aliphatic rings. The van der Waals surface area contributed by atoms with E-state index in [2.05, 4.69) is 24.1 Å². The van der Waals surface area contributed by atoms with Gasteiger partial charge < -0.3 is 20.1 Å². The Morgan fingerprint density at radius 1 is 1.38 bits per heavy atom. The summed E-state index contributed by atoms with van der Waals surface area (Å²) in [6, 6.07) is 0.250. The standard InChI is InChI=1S/C16H30N2O3/c1-4-13(5-2)10-16(20)17-14-6-8-18(9-7-14)11-15(19)12-21-3/h10,14-15,19H,4-9,11-12H2,1-3H3,(H,17,20). The lowest BCUT2D eigenvalue weighted by Crippen LogP contribution is -2.46. The number of methoxy groups -OCH3 is 1. The topological polar surface area (TPSA) is 61.8 Å². The van der Waals surface area contributed by atoms with Crippen LogP contribution >= 0.6 is 0 Å². The maximum absolute atomic E-state index is 11.9. The van der Waals surface area contributed by atoms with Crippen LogP contribution in [0, 0.1) is 0 Å². The molecule has 0 aliphatic carbocycles. The van der Waals surface area contributed by atoms with E-state index in [0.29, 0.717) is 13.2 Å². The van der Waals surface area contributed by atoms with Crippen molar-refractivity contribution in [2.45, 2.75) is 51.7 Å². The van der Waals surface area contributed by atoms with Gasteiger partial charge in [0.2, 0.25) is 5.91 Å². The maximum atomic E-state index is 11.9. The predicted molar refractivity (Wildman–Crippen MR) is 84.2 cm³/mol. The zero-order valence-electron chi connectivity index (χ0n) is 13.6. The second kappa shape index (κ2) is 9.92. The lowest BCUT2D eigenvalue weighted by atomic mass is 10.0. The van der Waals surface area contributed by atoms with Crippen molar-refractivity contribution in [3.05, 3.63) is 11.6 Å². The first-order chi connectivity index (χ1) is 10.1. The number of piperidine rings is 1. The van der Waals surface area contributed by atoms with Gasteiger partial charge in [-0.25, -0.2) is 0 Å². The molecule has 1 amide bonds. The Morgan fingerprint density at radius 2 is 2.00 bits per heavy atom. The minimum atomic E-state index is -0.430. The van der Waals surface area contributed by atoms with Gasteiger partial charge in [-0.15, -0.1) is 0 Å². The minimum Gasteiger partial charge on any atom is -0.389 e. The van der Waals surface area contributed by atoms with E-state index < -0.39 is 6.10 Å². The van der Waals surface area contributed by atoms with Gasteiger partial charge in [-0.05, 0) is 25.7 Å². The molecule has 0 saturated carbocycles. The fraction of sp³-hybridized carbons (Fsp3) is 0.812. The van der Waals surface area contributed by atoms with Crippen molar-refractivity contribution < 1.29 is 14.6 Å². The van der Waals surface area contributed by atoms with Crippen LogP contribution in [0.1, 0.15) is 39.5 Å². The highest BCUT2D eigenvalue weighted by molar-refractivity contribution is 5.88. The highest BCUT2D eigenvalue weighted by Gasteiger charge is 2.21. The molecule has 0 radical (unpaired) electrons. The molecule has 1 saturated heterocycles. The maximum Gasteiger partial charge on any atom is 0.244 e. The van der Waals surface area contributed by atoms with Crippen LogP contribution in [0.15, 0.2) is 11.6 Å². The molecule has 1 fully saturated rings. The first-order valence-electron chi connectivity index (χ1n) is 7.98. The number of aliphatic hydroxyl groups is 1. The molecule has 122 valence electrons. The molecule has 1 unspecified atom stereocenters. The zero-order valence-corrected chi connectivity index (χ0v) is 13.6. The Labute approximate surface area is 128 Å². The Bertz CT molecular complexity index is 330. The molecule has 1 atom stereocenters. The molecule has 0 bridgehead atoms.